The van der Waals surface area contributed by atoms with E-state index in [1.165, 1.54) is 17.7 Å². The molecule has 3 amide bonds. The minimum absolute atomic E-state index is 0.0619. The molecule has 1 aromatic rings. The lowest BCUT2D eigenvalue weighted by atomic mass is 10.1. The van der Waals surface area contributed by atoms with Crippen LogP contribution in [0.3, 0.4) is 0 Å². The molecular weight excluding hydrogens is 364 g/mol. The van der Waals surface area contributed by atoms with Gasteiger partial charge in [0.25, 0.3) is 5.91 Å². The standard InChI is InChI=1S/C24H36N2O3/c1-3-5-7-12-18-25(19-13-8-6-4-2)24(29)21-16-17-22(27)26(21)23(28)20-14-10-9-11-15-20/h9-11,14-15,21H,3-8,12-13,16-19H2,1-2H3/t21-/m1/s1. The highest BCUT2D eigenvalue weighted by atomic mass is 16.2. The maximum atomic E-state index is 13.3. The zero-order chi connectivity index (χ0) is 21.1. The molecule has 5 nitrogen and oxygen atoms in total. The van der Waals surface area contributed by atoms with Gasteiger partial charge in [-0.25, -0.2) is 0 Å². The van der Waals surface area contributed by atoms with Gasteiger partial charge in [0.1, 0.15) is 6.04 Å². The van der Waals surface area contributed by atoms with Crippen LogP contribution in [-0.4, -0.2) is 46.7 Å². The Balaban J connectivity index is 2.09. The van der Waals surface area contributed by atoms with E-state index in [0.717, 1.165) is 38.5 Å². The summed E-state index contributed by atoms with van der Waals surface area (Å²) in [5.41, 5.74) is 0.456. The molecule has 2 rings (SSSR count). The first kappa shape index (κ1) is 23.1. The average molecular weight is 401 g/mol. The Hall–Kier alpha value is -2.17. The second-order valence-corrected chi connectivity index (χ2v) is 7.94. The minimum atomic E-state index is -0.660. The van der Waals surface area contributed by atoms with Crippen molar-refractivity contribution >= 4 is 17.7 Å². The van der Waals surface area contributed by atoms with Crippen molar-refractivity contribution in [2.24, 2.45) is 0 Å². The first-order chi connectivity index (χ1) is 14.1. The van der Waals surface area contributed by atoms with Gasteiger partial charge in [0.2, 0.25) is 11.8 Å². The highest BCUT2D eigenvalue weighted by Gasteiger charge is 2.42. The number of carbonyl (C=O) groups is 3. The van der Waals surface area contributed by atoms with Crippen LogP contribution in [0.25, 0.3) is 0 Å². The third kappa shape index (κ3) is 6.69. The Morgan fingerprint density at radius 1 is 0.931 bits per heavy atom. The molecule has 0 aliphatic carbocycles. The van der Waals surface area contributed by atoms with E-state index >= 15 is 0 Å². The number of unbranched alkanes of at least 4 members (excludes halogenated alkanes) is 6. The first-order valence-corrected chi connectivity index (χ1v) is 11.3. The van der Waals surface area contributed by atoms with Crippen molar-refractivity contribution in [3.05, 3.63) is 35.9 Å². The molecule has 1 saturated heterocycles. The van der Waals surface area contributed by atoms with Crippen LogP contribution in [0, 0.1) is 0 Å². The molecule has 1 aliphatic heterocycles. The van der Waals surface area contributed by atoms with Gasteiger partial charge in [-0.3, -0.25) is 19.3 Å². The molecular formula is C24H36N2O3. The van der Waals surface area contributed by atoms with E-state index in [1.807, 2.05) is 11.0 Å². The largest absolute Gasteiger partial charge is 0.341 e. The van der Waals surface area contributed by atoms with E-state index in [1.54, 1.807) is 24.3 Å². The van der Waals surface area contributed by atoms with Crippen molar-refractivity contribution in [1.82, 2.24) is 9.80 Å². The summed E-state index contributed by atoms with van der Waals surface area (Å²) < 4.78 is 0. The fourth-order valence-electron chi connectivity index (χ4n) is 3.89. The normalized spacial score (nSPS) is 16.3. The number of benzene rings is 1. The Labute approximate surface area is 175 Å². The van der Waals surface area contributed by atoms with Crippen LogP contribution in [0.5, 0.6) is 0 Å². The summed E-state index contributed by atoms with van der Waals surface area (Å²) in [6.07, 6.45) is 9.47. The van der Waals surface area contributed by atoms with E-state index in [-0.39, 0.29) is 24.1 Å². The van der Waals surface area contributed by atoms with E-state index in [9.17, 15) is 14.4 Å². The fraction of sp³-hybridized carbons (Fsp3) is 0.625. The molecule has 0 bridgehead atoms. The number of hydrogen-bond donors (Lipinski definition) is 0. The monoisotopic (exact) mass is 400 g/mol. The van der Waals surface area contributed by atoms with Crippen LogP contribution in [-0.2, 0) is 9.59 Å². The molecule has 1 atom stereocenters. The summed E-state index contributed by atoms with van der Waals surface area (Å²) in [7, 11) is 0. The molecule has 0 spiro atoms. The van der Waals surface area contributed by atoms with Gasteiger partial charge in [0.05, 0.1) is 0 Å². The highest BCUT2D eigenvalue weighted by Crippen LogP contribution is 2.24. The summed E-state index contributed by atoms with van der Waals surface area (Å²) in [6.45, 7) is 5.77. The predicted molar refractivity (Wildman–Crippen MR) is 116 cm³/mol. The number of likely N-dealkylation sites (tertiary alicyclic amines) is 1. The summed E-state index contributed by atoms with van der Waals surface area (Å²) in [6, 6.07) is 8.12. The maximum Gasteiger partial charge on any atom is 0.261 e. The Morgan fingerprint density at radius 2 is 1.52 bits per heavy atom. The van der Waals surface area contributed by atoms with Crippen LogP contribution in [0.15, 0.2) is 30.3 Å². The molecule has 0 unspecified atom stereocenters. The zero-order valence-corrected chi connectivity index (χ0v) is 18.1. The average Bonchev–Trinajstić information content (AvgIpc) is 3.13. The third-order valence-electron chi connectivity index (χ3n) is 5.61. The third-order valence-corrected chi connectivity index (χ3v) is 5.61. The van der Waals surface area contributed by atoms with Crippen LogP contribution >= 0.6 is 0 Å². The van der Waals surface area contributed by atoms with Gasteiger partial charge in [-0.2, -0.15) is 0 Å². The van der Waals surface area contributed by atoms with Gasteiger partial charge < -0.3 is 4.90 Å². The molecule has 1 heterocycles. The topological polar surface area (TPSA) is 57.7 Å². The second kappa shape index (κ2) is 12.4. The Morgan fingerprint density at radius 3 is 2.07 bits per heavy atom. The van der Waals surface area contributed by atoms with Crippen molar-refractivity contribution in [1.29, 1.82) is 0 Å². The van der Waals surface area contributed by atoms with Gasteiger partial charge in [0, 0.05) is 25.1 Å². The van der Waals surface area contributed by atoms with E-state index < -0.39 is 6.04 Å². The molecule has 0 aromatic heterocycles. The van der Waals surface area contributed by atoms with E-state index in [0.29, 0.717) is 25.1 Å². The summed E-state index contributed by atoms with van der Waals surface area (Å²) in [5, 5.41) is 0. The highest BCUT2D eigenvalue weighted by molar-refractivity contribution is 6.09. The lowest BCUT2D eigenvalue weighted by Crippen LogP contribution is -2.49. The molecule has 5 heteroatoms. The number of rotatable bonds is 12. The van der Waals surface area contributed by atoms with Crippen molar-refractivity contribution in [2.75, 3.05) is 13.1 Å². The van der Waals surface area contributed by atoms with E-state index in [4.69, 9.17) is 0 Å². The van der Waals surface area contributed by atoms with Crippen molar-refractivity contribution in [3.63, 3.8) is 0 Å². The quantitative estimate of drug-likeness (QED) is 0.374. The Kier molecular flexibility index (Phi) is 9.89. The number of imide groups is 1. The summed E-state index contributed by atoms with van der Waals surface area (Å²) in [4.78, 5) is 41.8. The van der Waals surface area contributed by atoms with Gasteiger partial charge in [-0.15, -0.1) is 0 Å². The molecule has 29 heavy (non-hydrogen) atoms. The van der Waals surface area contributed by atoms with Gasteiger partial charge in [0.15, 0.2) is 0 Å². The molecule has 0 saturated carbocycles. The Bertz CT molecular complexity index is 647. The van der Waals surface area contributed by atoms with Crippen molar-refractivity contribution in [2.45, 2.75) is 84.1 Å². The SMILES string of the molecule is CCCCCCN(CCCCCC)C(=O)[C@H]1CCC(=O)N1C(=O)c1ccccc1. The van der Waals surface area contributed by atoms with Crippen molar-refractivity contribution in [3.8, 4) is 0 Å². The molecule has 160 valence electrons. The van der Waals surface area contributed by atoms with Crippen LogP contribution in [0.2, 0.25) is 0 Å². The van der Waals surface area contributed by atoms with Gasteiger partial charge in [-0.1, -0.05) is 70.6 Å². The molecule has 1 aliphatic rings. The summed E-state index contributed by atoms with van der Waals surface area (Å²) >= 11 is 0. The molecule has 0 N–H and O–H groups in total. The molecule has 1 aromatic carbocycles. The number of hydrogen-bond acceptors (Lipinski definition) is 3. The smallest absolute Gasteiger partial charge is 0.261 e. The predicted octanol–water partition coefficient (Wildman–Crippen LogP) is 4.81. The lowest BCUT2D eigenvalue weighted by Gasteiger charge is -2.29. The molecule has 0 radical (unpaired) electrons. The number of amides is 3. The fourth-order valence-corrected chi connectivity index (χ4v) is 3.89. The van der Waals surface area contributed by atoms with Crippen LogP contribution < -0.4 is 0 Å². The first-order valence-electron chi connectivity index (χ1n) is 11.3. The second-order valence-electron chi connectivity index (χ2n) is 7.94. The molecule has 1 fully saturated rings. The maximum absolute atomic E-state index is 13.3. The number of carbonyl (C=O) groups excluding carboxylic acids is 3. The summed E-state index contributed by atoms with van der Waals surface area (Å²) in [5.74, 6) is -0.661. The van der Waals surface area contributed by atoms with Gasteiger partial charge in [-0.05, 0) is 31.4 Å². The van der Waals surface area contributed by atoms with Gasteiger partial charge >= 0.3 is 0 Å². The van der Waals surface area contributed by atoms with Crippen LogP contribution in [0.1, 0.15) is 88.4 Å². The minimum Gasteiger partial charge on any atom is -0.341 e. The van der Waals surface area contributed by atoms with E-state index in [2.05, 4.69) is 13.8 Å². The number of nitrogens with zero attached hydrogens (tertiary/aromatic N) is 2. The zero-order valence-electron chi connectivity index (χ0n) is 18.1. The lowest BCUT2D eigenvalue weighted by molar-refractivity contribution is -0.139. The van der Waals surface area contributed by atoms with Crippen molar-refractivity contribution < 1.29 is 14.4 Å². The van der Waals surface area contributed by atoms with Crippen LogP contribution in [0.4, 0.5) is 0 Å².